The Balaban J connectivity index is 0.00000264. The van der Waals surface area contributed by atoms with E-state index in [0.717, 1.165) is 38.4 Å². The fourth-order valence-corrected chi connectivity index (χ4v) is 2.67. The van der Waals surface area contributed by atoms with Crippen LogP contribution in [0.5, 0.6) is 0 Å². The minimum absolute atomic E-state index is 0. The molecule has 23 heavy (non-hydrogen) atoms. The van der Waals surface area contributed by atoms with E-state index in [4.69, 9.17) is 4.74 Å². The molecule has 1 aromatic rings. The quantitative estimate of drug-likeness (QED) is 0.256. The van der Waals surface area contributed by atoms with Crippen LogP contribution in [0.3, 0.4) is 0 Å². The van der Waals surface area contributed by atoms with E-state index in [9.17, 15) is 4.79 Å². The molecule has 1 aromatic carbocycles. The number of rotatable bonds is 5. The summed E-state index contributed by atoms with van der Waals surface area (Å²) < 4.78 is 4.92. The highest BCUT2D eigenvalue weighted by molar-refractivity contribution is 14.0. The maximum atomic E-state index is 11.3. The van der Waals surface area contributed by atoms with Gasteiger partial charge in [0.25, 0.3) is 0 Å². The third-order valence-electron chi connectivity index (χ3n) is 3.79. The molecule has 0 aromatic heterocycles. The zero-order valence-electron chi connectivity index (χ0n) is 13.9. The Hall–Kier alpha value is -1.31. The van der Waals surface area contributed by atoms with Gasteiger partial charge in [0.2, 0.25) is 0 Å². The van der Waals surface area contributed by atoms with Gasteiger partial charge < -0.3 is 15.0 Å². The van der Waals surface area contributed by atoms with E-state index in [1.54, 1.807) is 7.05 Å². The number of aliphatic imine (C=N–C) groups is 1. The van der Waals surface area contributed by atoms with Crippen LogP contribution < -0.4 is 5.32 Å². The average Bonchev–Trinajstić information content (AvgIpc) is 2.55. The summed E-state index contributed by atoms with van der Waals surface area (Å²) in [6, 6.07) is 8.55. The van der Waals surface area contributed by atoms with Gasteiger partial charge in [0.05, 0.1) is 6.61 Å². The molecule has 0 amide bonds. The monoisotopic (exact) mass is 431 g/mol. The van der Waals surface area contributed by atoms with Gasteiger partial charge in [0.15, 0.2) is 5.96 Å². The zero-order chi connectivity index (χ0) is 15.8. The van der Waals surface area contributed by atoms with Crippen LogP contribution in [0.15, 0.2) is 29.3 Å². The first-order valence-corrected chi connectivity index (χ1v) is 7.92. The number of carbonyl (C=O) groups is 1. The van der Waals surface area contributed by atoms with Crippen LogP contribution in [-0.4, -0.2) is 43.6 Å². The van der Waals surface area contributed by atoms with Crippen molar-refractivity contribution in [1.82, 2.24) is 10.2 Å². The molecule has 0 atom stereocenters. The van der Waals surface area contributed by atoms with Crippen LogP contribution >= 0.6 is 24.0 Å². The van der Waals surface area contributed by atoms with Crippen molar-refractivity contribution in [2.24, 2.45) is 4.99 Å². The summed E-state index contributed by atoms with van der Waals surface area (Å²) in [6.45, 7) is 4.85. The van der Waals surface area contributed by atoms with Crippen molar-refractivity contribution in [3.05, 3.63) is 35.4 Å². The van der Waals surface area contributed by atoms with Gasteiger partial charge in [-0.05, 0) is 30.9 Å². The fourth-order valence-electron chi connectivity index (χ4n) is 2.67. The van der Waals surface area contributed by atoms with Crippen molar-refractivity contribution < 1.29 is 9.53 Å². The van der Waals surface area contributed by atoms with E-state index in [2.05, 4.69) is 39.5 Å². The largest absolute Gasteiger partial charge is 0.466 e. The van der Waals surface area contributed by atoms with Gasteiger partial charge in [-0.2, -0.15) is 0 Å². The molecule has 1 heterocycles. The normalized spacial score (nSPS) is 13.8. The molecule has 1 N–H and O–H groups in total. The predicted molar refractivity (Wildman–Crippen MR) is 103 cm³/mol. The van der Waals surface area contributed by atoms with E-state index in [1.165, 1.54) is 11.1 Å². The van der Waals surface area contributed by atoms with Gasteiger partial charge in [-0.1, -0.05) is 24.3 Å². The summed E-state index contributed by atoms with van der Waals surface area (Å²) in [5.41, 5.74) is 2.79. The Morgan fingerprint density at radius 1 is 1.35 bits per heavy atom. The molecular weight excluding hydrogens is 405 g/mol. The van der Waals surface area contributed by atoms with Crippen LogP contribution in [0.1, 0.15) is 30.9 Å². The Bertz CT molecular complexity index is 534. The third kappa shape index (κ3) is 6.01. The van der Waals surface area contributed by atoms with Crippen molar-refractivity contribution in [3.63, 3.8) is 0 Å². The standard InChI is InChI=1S/C17H25N3O2.HI/c1-3-22-16(21)9-6-11-19-17(18-2)20-12-10-14-7-4-5-8-15(14)13-20;/h4-5,7-8H,3,6,9-13H2,1-2H3,(H,18,19);1H. The van der Waals surface area contributed by atoms with Gasteiger partial charge in [0.1, 0.15) is 0 Å². The molecule has 5 nitrogen and oxygen atoms in total. The average molecular weight is 431 g/mol. The number of nitrogens with one attached hydrogen (secondary N) is 1. The Morgan fingerprint density at radius 3 is 2.78 bits per heavy atom. The van der Waals surface area contributed by atoms with Crippen LogP contribution in [0.25, 0.3) is 0 Å². The molecule has 0 bridgehead atoms. The molecule has 0 fully saturated rings. The summed E-state index contributed by atoms with van der Waals surface area (Å²) in [6.07, 6.45) is 2.24. The molecule has 0 radical (unpaired) electrons. The molecule has 0 unspecified atom stereocenters. The molecular formula is C17H26IN3O2. The third-order valence-corrected chi connectivity index (χ3v) is 3.79. The minimum Gasteiger partial charge on any atom is -0.466 e. The van der Waals surface area contributed by atoms with Gasteiger partial charge in [-0.25, -0.2) is 0 Å². The lowest BCUT2D eigenvalue weighted by Crippen LogP contribution is -2.44. The van der Waals surface area contributed by atoms with E-state index < -0.39 is 0 Å². The number of halogens is 1. The second kappa shape index (κ2) is 10.5. The van der Waals surface area contributed by atoms with Crippen molar-refractivity contribution in [2.45, 2.75) is 32.7 Å². The van der Waals surface area contributed by atoms with Crippen molar-refractivity contribution in [1.29, 1.82) is 0 Å². The maximum absolute atomic E-state index is 11.3. The second-order valence-corrected chi connectivity index (χ2v) is 5.32. The highest BCUT2D eigenvalue weighted by Crippen LogP contribution is 2.18. The molecule has 1 aliphatic rings. The fraction of sp³-hybridized carbons (Fsp3) is 0.529. The molecule has 0 saturated carbocycles. The summed E-state index contributed by atoms with van der Waals surface area (Å²) >= 11 is 0. The molecule has 0 saturated heterocycles. The Morgan fingerprint density at radius 2 is 2.09 bits per heavy atom. The van der Waals surface area contributed by atoms with Crippen LogP contribution in [0, 0.1) is 0 Å². The second-order valence-electron chi connectivity index (χ2n) is 5.32. The van der Waals surface area contributed by atoms with Crippen molar-refractivity contribution in [2.75, 3.05) is 26.7 Å². The van der Waals surface area contributed by atoms with Gasteiger partial charge in [0, 0.05) is 33.1 Å². The number of ether oxygens (including phenoxy) is 1. The Labute approximate surface area is 155 Å². The number of benzene rings is 1. The molecule has 2 rings (SSSR count). The molecule has 1 aliphatic heterocycles. The lowest BCUT2D eigenvalue weighted by Gasteiger charge is -2.31. The van der Waals surface area contributed by atoms with Crippen molar-refractivity contribution >= 4 is 35.9 Å². The van der Waals surface area contributed by atoms with Gasteiger partial charge >= 0.3 is 5.97 Å². The van der Waals surface area contributed by atoms with E-state index in [0.29, 0.717) is 13.0 Å². The lowest BCUT2D eigenvalue weighted by atomic mass is 10.0. The topological polar surface area (TPSA) is 53.9 Å². The number of hydrogen-bond acceptors (Lipinski definition) is 3. The molecule has 128 valence electrons. The van der Waals surface area contributed by atoms with Crippen LogP contribution in [0.4, 0.5) is 0 Å². The van der Waals surface area contributed by atoms with E-state index in [1.807, 2.05) is 6.92 Å². The predicted octanol–water partition coefficient (Wildman–Crippen LogP) is 2.58. The van der Waals surface area contributed by atoms with E-state index in [-0.39, 0.29) is 29.9 Å². The first-order chi connectivity index (χ1) is 10.7. The van der Waals surface area contributed by atoms with E-state index >= 15 is 0 Å². The molecule has 6 heteroatoms. The number of guanidine groups is 1. The van der Waals surface area contributed by atoms with Crippen LogP contribution in [0.2, 0.25) is 0 Å². The number of carbonyl (C=O) groups excluding carboxylic acids is 1. The first kappa shape index (κ1) is 19.7. The van der Waals surface area contributed by atoms with Crippen molar-refractivity contribution in [3.8, 4) is 0 Å². The number of esters is 1. The highest BCUT2D eigenvalue weighted by Gasteiger charge is 2.18. The number of hydrogen-bond donors (Lipinski definition) is 1. The SMILES string of the molecule is CCOC(=O)CCCNC(=NC)N1CCc2ccccc2C1.I. The first-order valence-electron chi connectivity index (χ1n) is 7.92. The lowest BCUT2D eigenvalue weighted by molar-refractivity contribution is -0.143. The Kier molecular flexibility index (Phi) is 8.98. The highest BCUT2D eigenvalue weighted by atomic mass is 127. The summed E-state index contributed by atoms with van der Waals surface area (Å²) in [5, 5.41) is 3.34. The maximum Gasteiger partial charge on any atom is 0.305 e. The molecule has 0 aliphatic carbocycles. The summed E-state index contributed by atoms with van der Waals surface area (Å²) in [7, 11) is 1.80. The zero-order valence-corrected chi connectivity index (χ0v) is 16.2. The summed E-state index contributed by atoms with van der Waals surface area (Å²) in [5.74, 6) is 0.768. The van der Waals surface area contributed by atoms with Crippen LogP contribution in [-0.2, 0) is 22.5 Å². The number of fused-ring (bicyclic) bond motifs is 1. The number of nitrogens with zero attached hydrogens (tertiary/aromatic N) is 2. The minimum atomic E-state index is -0.133. The smallest absolute Gasteiger partial charge is 0.305 e. The van der Waals surface area contributed by atoms with Gasteiger partial charge in [-0.15, -0.1) is 24.0 Å². The summed E-state index contributed by atoms with van der Waals surface area (Å²) in [4.78, 5) is 17.9. The molecule has 0 spiro atoms. The van der Waals surface area contributed by atoms with Gasteiger partial charge in [-0.3, -0.25) is 9.79 Å².